The zero-order valence-corrected chi connectivity index (χ0v) is 54.1. The van der Waals surface area contributed by atoms with Gasteiger partial charge in [0.25, 0.3) is 0 Å². The molecular weight excluding hydrogens is 1250 g/mol. The highest BCUT2D eigenvalue weighted by molar-refractivity contribution is 8.76. The number of nitrogens with one attached hydrogen (secondary N) is 9. The lowest BCUT2D eigenvalue weighted by Crippen LogP contribution is -2.62. The van der Waals surface area contributed by atoms with Crippen LogP contribution < -0.4 is 58.7 Å². The number of halogens is 1. The molecule has 0 radical (unpaired) electrons. The first-order chi connectivity index (χ1) is 44.9. The van der Waals surface area contributed by atoms with Crippen molar-refractivity contribution in [2.75, 3.05) is 50.8 Å². The van der Waals surface area contributed by atoms with E-state index in [0.29, 0.717) is 29.0 Å². The predicted octanol–water partition coefficient (Wildman–Crippen LogP) is 2.62. The summed E-state index contributed by atoms with van der Waals surface area (Å²) in [4.78, 5) is 110. The third-order valence-electron chi connectivity index (χ3n) is 15.8. The summed E-state index contributed by atoms with van der Waals surface area (Å²) >= 11 is 6.20. The van der Waals surface area contributed by atoms with Crippen LogP contribution >= 0.6 is 33.2 Å². The number of rotatable bonds is 17. The highest BCUT2D eigenvalue weighted by Gasteiger charge is 2.37. The summed E-state index contributed by atoms with van der Waals surface area (Å²) < 4.78 is 6.06. The van der Waals surface area contributed by atoms with Crippen LogP contribution in [0.3, 0.4) is 0 Å². The summed E-state index contributed by atoms with van der Waals surface area (Å²) in [6, 6.07) is 28.2. The van der Waals surface area contributed by atoms with E-state index in [1.54, 1.807) is 60.8 Å². The van der Waals surface area contributed by atoms with Crippen molar-refractivity contribution in [1.29, 1.82) is 0 Å². The molecule has 9 rings (SSSR count). The fraction of sp³-hybridized carbons (Fsp3) is 0.394. The van der Waals surface area contributed by atoms with Crippen molar-refractivity contribution in [3.05, 3.63) is 161 Å². The smallest absolute Gasteiger partial charge is 0.245 e. The van der Waals surface area contributed by atoms with Gasteiger partial charge in [-0.2, -0.15) is 0 Å². The van der Waals surface area contributed by atoms with Gasteiger partial charge >= 0.3 is 0 Å². The zero-order valence-electron chi connectivity index (χ0n) is 51.7. The Hall–Kier alpha value is -8.05. The number of aliphatic hydroxyl groups is 3. The van der Waals surface area contributed by atoms with E-state index in [0.717, 1.165) is 92.8 Å². The summed E-state index contributed by atoms with van der Waals surface area (Å²) in [7, 11) is 2.06. The number of nitrogens with zero attached hydrogens (tertiary/aromatic N) is 2. The topological polar surface area (TPSA) is 369 Å². The molecule has 27 heteroatoms. The lowest BCUT2D eigenvalue weighted by Gasteiger charge is -2.30. The first-order valence-electron chi connectivity index (χ1n) is 30.9. The number of hydrogen-bond acceptors (Lipinski definition) is 18. The number of carbonyl (C=O) groups excluding carboxylic acids is 7. The molecule has 2 saturated heterocycles. The van der Waals surface area contributed by atoms with Crippen molar-refractivity contribution in [2.24, 2.45) is 16.5 Å². The number of unbranched alkanes of at least 4 members (excludes halogenated alkanes) is 1. The van der Waals surface area contributed by atoms with Gasteiger partial charge in [0.05, 0.1) is 36.5 Å². The number of nitrogens with two attached hydrogens (primary N) is 2. The van der Waals surface area contributed by atoms with E-state index in [9.17, 15) is 48.9 Å². The van der Waals surface area contributed by atoms with Crippen LogP contribution in [0.4, 0.5) is 5.69 Å². The van der Waals surface area contributed by atoms with Crippen molar-refractivity contribution in [2.45, 2.75) is 113 Å². The van der Waals surface area contributed by atoms with Crippen molar-refractivity contribution < 1.29 is 53.6 Å². The Morgan fingerprint density at radius 1 is 0.731 bits per heavy atom. The molecule has 7 amide bonds. The molecule has 93 heavy (non-hydrogen) atoms. The number of benzene rings is 5. The summed E-state index contributed by atoms with van der Waals surface area (Å²) in [6.07, 6.45) is -0.156. The van der Waals surface area contributed by atoms with Crippen molar-refractivity contribution >= 4 is 97.0 Å². The Morgan fingerprint density at radius 3 is 2.06 bits per heavy atom. The number of aliphatic imine (C=N–C) groups is 1. The van der Waals surface area contributed by atoms with Crippen LogP contribution in [0.2, 0.25) is 5.02 Å². The van der Waals surface area contributed by atoms with Crippen LogP contribution in [0.1, 0.15) is 55.4 Å². The van der Waals surface area contributed by atoms with Gasteiger partial charge in [-0.25, -0.2) is 4.99 Å². The molecule has 3 aliphatic heterocycles. The number of ether oxygens (including phenoxy) is 1. The molecule has 4 heterocycles. The standard InChI is InChI=1S/C49H66N10O10S2.C17H16ClN3O/c1-28(61)39(25-60)56-48(68)41-27-71-70-26-40(57-43(63)34(51)21-30-13-5-3-6-14-30)47(67)54-37(22-31-15-7-4-8-16-31)45(65)55-38(23-32-24-52-35-18-10-9-17-33(32)35)46(66)53-36(19-11-12-20-50)44(64)59-42(29(2)62)49(69)58-41;18-12-5-6-15-13(11-12)17(21-9-7-19-8-10-21)20-14-3-1-2-4-16(14)22-15/h3-10,13-18,24,28-29,34,36-42,52,60-62H,11-12,19-23,25-27,50-51H2,1-2H3,(H,53,66)(H,54,67)(H,55,65)(H,56,68)(H,57,63)(H,58,69)(H,59,64);1-6,11,19H,7-10H2/t28-,29?,34-,36+,37+,38-,39-,40+,41+,42+;/m1./s1. The number of aliphatic hydroxyl groups excluding tert-OH is 3. The van der Waals surface area contributed by atoms with Crippen LogP contribution in [0.25, 0.3) is 10.9 Å². The Morgan fingerprint density at radius 2 is 1.37 bits per heavy atom. The monoisotopic (exact) mass is 1330 g/mol. The van der Waals surface area contributed by atoms with Gasteiger partial charge in [-0.05, 0) is 99.2 Å². The molecule has 1 unspecified atom stereocenters. The van der Waals surface area contributed by atoms with Gasteiger partial charge in [0.15, 0.2) is 5.75 Å². The maximum Gasteiger partial charge on any atom is 0.245 e. The van der Waals surface area contributed by atoms with Gasteiger partial charge in [0.1, 0.15) is 53.5 Å². The third kappa shape index (κ3) is 20.5. The number of amides is 7. The number of amidine groups is 1. The molecule has 24 nitrogen and oxygen atoms in total. The summed E-state index contributed by atoms with van der Waals surface area (Å²) in [5.41, 5.74) is 16.8. The van der Waals surface area contributed by atoms with Crippen LogP contribution in [-0.4, -0.2) is 184 Å². The Kier molecular flexibility index (Phi) is 26.9. The van der Waals surface area contributed by atoms with E-state index >= 15 is 0 Å². The normalized spacial score (nSPS) is 21.4. The van der Waals surface area contributed by atoms with Crippen LogP contribution in [0.15, 0.2) is 139 Å². The number of piperazine rings is 1. The quantitative estimate of drug-likeness (QED) is 0.0461. The fourth-order valence-corrected chi connectivity index (χ4v) is 13.0. The van der Waals surface area contributed by atoms with Crippen molar-refractivity contribution in [1.82, 2.24) is 52.4 Å². The predicted molar refractivity (Wildman–Crippen MR) is 361 cm³/mol. The van der Waals surface area contributed by atoms with Gasteiger partial charge in [-0.15, -0.1) is 0 Å². The number of aromatic amines is 1. The number of carbonyl (C=O) groups is 7. The van der Waals surface area contributed by atoms with Crippen LogP contribution in [-0.2, 0) is 52.8 Å². The molecule has 2 fully saturated rings. The molecule has 6 aromatic rings. The summed E-state index contributed by atoms with van der Waals surface area (Å²) in [5, 5.41) is 54.6. The second-order valence-electron chi connectivity index (χ2n) is 22.9. The minimum Gasteiger partial charge on any atom is -0.454 e. The number of fused-ring (bicyclic) bond motifs is 3. The minimum absolute atomic E-state index is 0.0340. The maximum atomic E-state index is 14.7. The molecule has 10 atom stereocenters. The highest BCUT2D eigenvalue weighted by atomic mass is 35.5. The molecule has 1 aromatic heterocycles. The molecule has 496 valence electrons. The number of H-pyrrole nitrogens is 1. The van der Waals surface area contributed by atoms with E-state index in [1.165, 1.54) is 13.8 Å². The minimum atomic E-state index is -1.66. The Balaban J connectivity index is 0.000000418. The average Bonchev–Trinajstić information content (AvgIpc) is 1.77. The molecular formula is C66H82ClN13O11S2. The molecule has 0 saturated carbocycles. The zero-order chi connectivity index (χ0) is 66.4. The Labute approximate surface area is 552 Å². The number of hydrogen-bond donors (Lipinski definition) is 14. The first-order valence-corrected chi connectivity index (χ1v) is 33.8. The third-order valence-corrected chi connectivity index (χ3v) is 18.4. The maximum absolute atomic E-state index is 14.7. The SMILES string of the molecule is CC(O)[C@@H]1NC(=O)[C@H](CCCCN)NC(=O)[C@@H](Cc2c[nH]c3ccccc23)NC(=O)[C@H](Cc2ccccc2)NC(=O)[C@@H](NC(=O)[C@H](N)Cc2ccccc2)CSSC[C@@H](C(=O)N[C@H](CO)[C@@H](C)O)NC1=O.Clc1ccc2c(c1)C(N1CCNCC1)=Nc1ccccc1O2. The van der Waals surface area contributed by atoms with Crippen LogP contribution in [0, 0.1) is 0 Å². The van der Waals surface area contributed by atoms with E-state index in [1.807, 2.05) is 72.8 Å². The first kappa shape index (κ1) is 70.8. The van der Waals surface area contributed by atoms with E-state index in [4.69, 9.17) is 32.8 Å². The molecule has 3 aliphatic rings. The van der Waals surface area contributed by atoms with Gasteiger partial charge in [0.2, 0.25) is 41.4 Å². The van der Waals surface area contributed by atoms with Gasteiger partial charge in [0, 0.05) is 72.6 Å². The van der Waals surface area contributed by atoms with E-state index < -0.39 is 108 Å². The fourth-order valence-electron chi connectivity index (χ4n) is 10.5. The molecule has 5 aromatic carbocycles. The van der Waals surface area contributed by atoms with E-state index in [-0.39, 0.29) is 43.7 Å². The Bertz CT molecular complexity index is 3530. The summed E-state index contributed by atoms with van der Waals surface area (Å²) in [6.45, 7) is 5.98. The molecule has 0 spiro atoms. The highest BCUT2D eigenvalue weighted by Crippen LogP contribution is 2.39. The lowest BCUT2D eigenvalue weighted by molar-refractivity contribution is -0.136. The number of para-hydroxylation sites is 3. The van der Waals surface area contributed by atoms with E-state index in [2.05, 4.69) is 52.4 Å². The van der Waals surface area contributed by atoms with Crippen LogP contribution in [0.5, 0.6) is 11.5 Å². The van der Waals surface area contributed by atoms with Crippen molar-refractivity contribution in [3.8, 4) is 11.5 Å². The van der Waals surface area contributed by atoms with Gasteiger partial charge < -0.3 is 83.9 Å². The number of aromatic nitrogens is 1. The van der Waals surface area contributed by atoms with Crippen molar-refractivity contribution in [3.63, 3.8) is 0 Å². The molecule has 0 aliphatic carbocycles. The van der Waals surface area contributed by atoms with Gasteiger partial charge in [-0.3, -0.25) is 33.6 Å². The second kappa shape index (κ2) is 35.3. The largest absolute Gasteiger partial charge is 0.454 e. The second-order valence-corrected chi connectivity index (χ2v) is 25.8. The average molecular weight is 1330 g/mol. The van der Waals surface area contributed by atoms with Gasteiger partial charge in [-0.1, -0.05) is 124 Å². The lowest BCUT2D eigenvalue weighted by atomic mass is 10.0. The molecule has 16 N–H and O–H groups in total. The summed E-state index contributed by atoms with van der Waals surface area (Å²) in [5.74, 6) is -3.50. The molecule has 0 bridgehead atoms.